The lowest BCUT2D eigenvalue weighted by atomic mass is 10.0. The van der Waals surface area contributed by atoms with Gasteiger partial charge in [0.2, 0.25) is 5.91 Å². The molecule has 0 atom stereocenters. The number of fused-ring (bicyclic) bond motifs is 1. The van der Waals surface area contributed by atoms with Gasteiger partial charge in [0.25, 0.3) is 0 Å². The molecule has 2 nitrogen and oxygen atoms in total. The molecule has 0 radical (unpaired) electrons. The molecule has 1 aliphatic rings. The molecule has 1 amide bonds. The summed E-state index contributed by atoms with van der Waals surface area (Å²) in [6, 6.07) is 14.4. The number of carbonyl (C=O) groups excluding carboxylic acids is 1. The molecule has 2 aromatic carbocycles. The third-order valence-electron chi connectivity index (χ3n) is 4.08. The summed E-state index contributed by atoms with van der Waals surface area (Å²) in [6.07, 6.45) is 2.70. The standard InChI is InChI=1S/C17H18ClNO/c18-11-17(7-8-17)12-19-16(20)10-13-5-6-14-3-1-2-4-15(14)9-13/h1-6,9H,7-8,10-12H2,(H,19,20). The van der Waals surface area contributed by atoms with E-state index >= 15 is 0 Å². The van der Waals surface area contributed by atoms with Crippen LogP contribution in [0.25, 0.3) is 10.8 Å². The topological polar surface area (TPSA) is 29.1 Å². The molecule has 0 aromatic heterocycles. The third-order valence-corrected chi connectivity index (χ3v) is 4.65. The van der Waals surface area contributed by atoms with E-state index in [2.05, 4.69) is 29.6 Å². The van der Waals surface area contributed by atoms with Crippen LogP contribution in [0.4, 0.5) is 0 Å². The number of nitrogens with one attached hydrogen (secondary N) is 1. The van der Waals surface area contributed by atoms with Crippen LogP contribution < -0.4 is 5.32 Å². The van der Waals surface area contributed by atoms with Gasteiger partial charge in [-0.2, -0.15) is 0 Å². The molecular formula is C17H18ClNO. The van der Waals surface area contributed by atoms with Crippen molar-refractivity contribution in [1.82, 2.24) is 5.32 Å². The molecule has 3 rings (SSSR count). The van der Waals surface area contributed by atoms with Crippen molar-refractivity contribution in [2.24, 2.45) is 5.41 Å². The minimum atomic E-state index is 0.0803. The van der Waals surface area contributed by atoms with Crippen LogP contribution in [0.3, 0.4) is 0 Å². The van der Waals surface area contributed by atoms with E-state index in [9.17, 15) is 4.79 Å². The fourth-order valence-corrected chi connectivity index (χ4v) is 2.78. The van der Waals surface area contributed by atoms with Gasteiger partial charge in [0, 0.05) is 17.8 Å². The fraction of sp³-hybridized carbons (Fsp3) is 0.353. The molecule has 20 heavy (non-hydrogen) atoms. The summed E-state index contributed by atoms with van der Waals surface area (Å²) < 4.78 is 0. The average Bonchev–Trinajstić information content (AvgIpc) is 3.26. The molecule has 1 fully saturated rings. The van der Waals surface area contributed by atoms with E-state index in [0.717, 1.165) is 18.4 Å². The maximum atomic E-state index is 12.0. The molecule has 0 spiro atoms. The highest BCUT2D eigenvalue weighted by Gasteiger charge is 2.41. The Morgan fingerprint density at radius 3 is 2.60 bits per heavy atom. The van der Waals surface area contributed by atoms with Crippen molar-refractivity contribution in [2.75, 3.05) is 12.4 Å². The monoisotopic (exact) mass is 287 g/mol. The maximum absolute atomic E-state index is 12.0. The number of hydrogen-bond acceptors (Lipinski definition) is 1. The van der Waals surface area contributed by atoms with Gasteiger partial charge >= 0.3 is 0 Å². The molecule has 2 aromatic rings. The van der Waals surface area contributed by atoms with Gasteiger partial charge in [0.15, 0.2) is 0 Å². The molecule has 0 saturated heterocycles. The Labute approximate surface area is 124 Å². The maximum Gasteiger partial charge on any atom is 0.224 e. The third kappa shape index (κ3) is 2.96. The second kappa shape index (κ2) is 5.45. The number of halogens is 1. The average molecular weight is 288 g/mol. The molecular weight excluding hydrogens is 270 g/mol. The van der Waals surface area contributed by atoms with E-state index in [-0.39, 0.29) is 11.3 Å². The summed E-state index contributed by atoms with van der Waals surface area (Å²) in [5, 5.41) is 5.39. The zero-order chi connectivity index (χ0) is 14.0. The van der Waals surface area contributed by atoms with Gasteiger partial charge in [-0.3, -0.25) is 4.79 Å². The Morgan fingerprint density at radius 2 is 1.90 bits per heavy atom. The van der Waals surface area contributed by atoms with Gasteiger partial charge in [-0.25, -0.2) is 0 Å². The summed E-state index contributed by atoms with van der Waals surface area (Å²) in [4.78, 5) is 12.0. The number of hydrogen-bond donors (Lipinski definition) is 1. The fourth-order valence-electron chi connectivity index (χ4n) is 2.42. The highest BCUT2D eigenvalue weighted by Crippen LogP contribution is 2.45. The Balaban J connectivity index is 1.62. The van der Waals surface area contributed by atoms with Gasteiger partial charge in [-0.05, 0) is 29.2 Å². The predicted molar refractivity (Wildman–Crippen MR) is 83.0 cm³/mol. The van der Waals surface area contributed by atoms with E-state index < -0.39 is 0 Å². The van der Waals surface area contributed by atoms with Crippen LogP contribution in [0, 0.1) is 5.41 Å². The van der Waals surface area contributed by atoms with Gasteiger partial charge < -0.3 is 5.32 Å². The lowest BCUT2D eigenvalue weighted by Crippen LogP contribution is -2.32. The van der Waals surface area contributed by atoms with Crippen LogP contribution >= 0.6 is 11.6 Å². The SMILES string of the molecule is O=C(Cc1ccc2ccccc2c1)NCC1(CCl)CC1. The Morgan fingerprint density at radius 1 is 1.15 bits per heavy atom. The zero-order valence-electron chi connectivity index (χ0n) is 11.4. The number of alkyl halides is 1. The highest BCUT2D eigenvalue weighted by molar-refractivity contribution is 6.18. The summed E-state index contributed by atoms with van der Waals surface area (Å²) in [5.74, 6) is 0.722. The number of benzene rings is 2. The second-order valence-electron chi connectivity index (χ2n) is 5.77. The summed E-state index contributed by atoms with van der Waals surface area (Å²) in [6.45, 7) is 0.711. The molecule has 1 aliphatic carbocycles. The highest BCUT2D eigenvalue weighted by atomic mass is 35.5. The van der Waals surface area contributed by atoms with Crippen molar-refractivity contribution in [2.45, 2.75) is 19.3 Å². The largest absolute Gasteiger partial charge is 0.355 e. The molecule has 0 aliphatic heterocycles. The van der Waals surface area contributed by atoms with Crippen molar-refractivity contribution in [1.29, 1.82) is 0 Å². The van der Waals surface area contributed by atoms with Gasteiger partial charge in [0.1, 0.15) is 0 Å². The normalized spacial score (nSPS) is 16.1. The zero-order valence-corrected chi connectivity index (χ0v) is 12.1. The van der Waals surface area contributed by atoms with E-state index in [0.29, 0.717) is 18.8 Å². The lowest BCUT2D eigenvalue weighted by Gasteiger charge is -2.12. The Bertz CT molecular complexity index is 634. The van der Waals surface area contributed by atoms with E-state index in [1.54, 1.807) is 0 Å². The molecule has 0 bridgehead atoms. The quantitative estimate of drug-likeness (QED) is 0.838. The molecule has 1 N–H and O–H groups in total. The van der Waals surface area contributed by atoms with E-state index in [1.807, 2.05) is 18.2 Å². The molecule has 3 heteroatoms. The number of carbonyl (C=O) groups is 1. The molecule has 104 valence electrons. The van der Waals surface area contributed by atoms with Crippen LogP contribution in [0.2, 0.25) is 0 Å². The van der Waals surface area contributed by atoms with Crippen molar-refractivity contribution < 1.29 is 4.79 Å². The first-order valence-electron chi connectivity index (χ1n) is 7.01. The number of amides is 1. The first-order valence-corrected chi connectivity index (χ1v) is 7.55. The number of rotatable bonds is 5. The Kier molecular flexibility index (Phi) is 3.66. The molecule has 0 unspecified atom stereocenters. The van der Waals surface area contributed by atoms with Crippen molar-refractivity contribution >= 4 is 28.3 Å². The minimum absolute atomic E-state index is 0.0803. The van der Waals surface area contributed by atoms with Gasteiger partial charge in [0.05, 0.1) is 6.42 Å². The van der Waals surface area contributed by atoms with Gasteiger partial charge in [-0.15, -0.1) is 11.6 Å². The summed E-state index contributed by atoms with van der Waals surface area (Å²) in [7, 11) is 0. The van der Waals surface area contributed by atoms with Crippen LogP contribution in [-0.2, 0) is 11.2 Å². The molecule has 1 saturated carbocycles. The molecule has 0 heterocycles. The van der Waals surface area contributed by atoms with E-state index in [1.165, 1.54) is 10.8 Å². The predicted octanol–water partition coefficient (Wildman–Crippen LogP) is 3.52. The smallest absolute Gasteiger partial charge is 0.224 e. The Hall–Kier alpha value is -1.54. The van der Waals surface area contributed by atoms with Crippen molar-refractivity contribution in [3.63, 3.8) is 0 Å². The van der Waals surface area contributed by atoms with E-state index in [4.69, 9.17) is 11.6 Å². The summed E-state index contributed by atoms with van der Waals surface area (Å²) >= 11 is 5.91. The van der Waals surface area contributed by atoms with Crippen LogP contribution in [0.5, 0.6) is 0 Å². The second-order valence-corrected chi connectivity index (χ2v) is 6.04. The van der Waals surface area contributed by atoms with Crippen molar-refractivity contribution in [3.05, 3.63) is 48.0 Å². The van der Waals surface area contributed by atoms with Gasteiger partial charge in [-0.1, -0.05) is 42.5 Å². The minimum Gasteiger partial charge on any atom is -0.355 e. The van der Waals surface area contributed by atoms with Crippen LogP contribution in [0.15, 0.2) is 42.5 Å². The van der Waals surface area contributed by atoms with Crippen molar-refractivity contribution in [3.8, 4) is 0 Å². The van der Waals surface area contributed by atoms with Crippen LogP contribution in [0.1, 0.15) is 18.4 Å². The lowest BCUT2D eigenvalue weighted by molar-refractivity contribution is -0.120. The van der Waals surface area contributed by atoms with Crippen LogP contribution in [-0.4, -0.2) is 18.3 Å². The first-order chi connectivity index (χ1) is 9.71. The first kappa shape index (κ1) is 13.4. The summed E-state index contributed by atoms with van der Waals surface area (Å²) in [5.41, 5.74) is 1.23.